The summed E-state index contributed by atoms with van der Waals surface area (Å²) in [6.45, 7) is 33.1. The highest BCUT2D eigenvalue weighted by Crippen LogP contribution is 2.29. The summed E-state index contributed by atoms with van der Waals surface area (Å²) < 4.78 is 199. The number of imide groups is 1. The van der Waals surface area contributed by atoms with Gasteiger partial charge in [0.2, 0.25) is 5.91 Å². The number of aromatic nitrogens is 1. The molecule has 0 aromatic carbocycles. The van der Waals surface area contributed by atoms with Crippen LogP contribution in [-0.2, 0) is 195 Å². The number of hydrogen-bond acceptors (Lipinski definition) is 44. The number of carbonyl (C=O) groups is 4. The Kier molecular flexibility index (Phi) is 104. The van der Waals surface area contributed by atoms with Crippen LogP contribution < -0.4 is 5.32 Å². The summed E-state index contributed by atoms with van der Waals surface area (Å²) in [6, 6.07) is 5.77. The molecule has 3 amide bonds. The summed E-state index contributed by atoms with van der Waals surface area (Å²) in [5.74, 6) is -1.02. The van der Waals surface area contributed by atoms with Crippen LogP contribution in [0.4, 0.5) is 0 Å². The van der Waals surface area contributed by atoms with Crippen molar-refractivity contribution in [1.82, 2.24) is 15.4 Å². The Bertz CT molecular complexity index is 2450. The standard InChI is InChI=1S/C87H161N3O41S2/c91-83(7-82-132-133-84-3-1-2-8-89-84)88-9-11-96-13-15-98-17-19-100-21-23-102-25-27-104-29-31-106-33-35-108-37-39-110-41-43-112-45-47-114-49-51-116-53-55-118-57-59-120-61-63-122-65-67-124-69-71-126-73-75-128-77-79-130-81-80-129-78-76-127-74-72-125-70-68-123-66-64-121-62-60-119-58-56-117-54-52-115-50-48-113-46-44-111-42-40-109-38-36-107-34-32-105-30-28-103-26-24-101-22-20-99-18-16-97-14-12-95-10-6-87(94)131-90-85(92)4-5-86(90)93/h1-3,8H,4-7,9-82H2,(H,88,91). The van der Waals surface area contributed by atoms with Crippen molar-refractivity contribution in [3.8, 4) is 0 Å². The van der Waals surface area contributed by atoms with Gasteiger partial charge in [-0.15, -0.1) is 5.06 Å². The minimum atomic E-state index is -0.707. The molecule has 0 unspecified atom stereocenters. The van der Waals surface area contributed by atoms with Crippen molar-refractivity contribution in [2.75, 3.05) is 488 Å². The molecule has 0 bridgehead atoms. The lowest BCUT2D eigenvalue weighted by atomic mass is 10.4. The molecule has 1 aliphatic rings. The van der Waals surface area contributed by atoms with Crippen LogP contribution in [0, 0.1) is 0 Å². The molecule has 0 spiro atoms. The SMILES string of the molecule is O=C(CCSSc1ccccn1)NCCOCCOCCOCCOCCOCCOCCOCCOCCOCCOCCOCCOCCOCCOCCOCCOCCOCCOCCOCCOCCOCCOCCOCCOCCOCCOCCOCCOCCOCCOCCOCCOCCOCCOCCOCCOCCC(=O)ON1C(=O)CCC1=O. The second-order valence-corrected chi connectivity index (χ2v) is 29.4. The largest absolute Gasteiger partial charge is 0.378 e. The highest BCUT2D eigenvalue weighted by atomic mass is 33.1. The second kappa shape index (κ2) is 110. The van der Waals surface area contributed by atoms with Crippen molar-refractivity contribution in [1.29, 1.82) is 0 Å². The Morgan fingerprint density at radius 3 is 0.586 bits per heavy atom. The van der Waals surface area contributed by atoms with Gasteiger partial charge in [-0.1, -0.05) is 16.9 Å². The fourth-order valence-corrected chi connectivity index (χ4v) is 11.6. The predicted molar refractivity (Wildman–Crippen MR) is 481 cm³/mol. The van der Waals surface area contributed by atoms with Crippen molar-refractivity contribution < 1.29 is 195 Å². The van der Waals surface area contributed by atoms with E-state index < -0.39 is 17.8 Å². The predicted octanol–water partition coefficient (Wildman–Crippen LogP) is 1.92. The van der Waals surface area contributed by atoms with E-state index >= 15 is 0 Å². The average Bonchev–Trinajstić information content (AvgIpc) is 1.73. The molecular formula is C87H161N3O41S2. The Hall–Kier alpha value is -3.51. The lowest BCUT2D eigenvalue weighted by molar-refractivity contribution is -0.198. The highest BCUT2D eigenvalue weighted by Gasteiger charge is 2.32. The molecule has 0 radical (unpaired) electrons. The van der Waals surface area contributed by atoms with Crippen molar-refractivity contribution in [3.63, 3.8) is 0 Å². The molecule has 1 saturated heterocycles. The fraction of sp³-hybridized carbons (Fsp3) is 0.897. The minimum absolute atomic E-state index is 0.00768. The number of nitrogens with one attached hydrogen (secondary N) is 1. The number of rotatable bonds is 117. The highest BCUT2D eigenvalue weighted by molar-refractivity contribution is 8.76. The van der Waals surface area contributed by atoms with Crippen molar-refractivity contribution >= 4 is 45.3 Å². The number of nitrogens with zero attached hydrogens (tertiary/aromatic N) is 2. The zero-order chi connectivity index (χ0) is 94.4. The van der Waals surface area contributed by atoms with Gasteiger partial charge in [0.1, 0.15) is 5.03 Å². The van der Waals surface area contributed by atoms with Crippen molar-refractivity contribution in [2.24, 2.45) is 0 Å². The van der Waals surface area contributed by atoms with E-state index in [9.17, 15) is 19.2 Å². The maximum absolute atomic E-state index is 11.9. The quantitative estimate of drug-likeness (QED) is 0.0553. The van der Waals surface area contributed by atoms with E-state index in [0.717, 1.165) is 5.03 Å². The molecule has 1 aromatic heterocycles. The van der Waals surface area contributed by atoms with E-state index in [2.05, 4.69) is 10.3 Å². The summed E-state index contributed by atoms with van der Waals surface area (Å²) in [6.07, 6.45) is 2.22. The molecular weight excluding hydrogens is 1810 g/mol. The smallest absolute Gasteiger partial charge is 0.335 e. The van der Waals surface area contributed by atoms with Gasteiger partial charge in [0.15, 0.2) is 0 Å². The van der Waals surface area contributed by atoms with Crippen LogP contribution in [0.5, 0.6) is 0 Å². The Balaban J connectivity index is 1.07. The molecule has 782 valence electrons. The average molecular weight is 1970 g/mol. The third-order valence-electron chi connectivity index (χ3n) is 16.4. The van der Waals surface area contributed by atoms with E-state index in [4.69, 9.17) is 175 Å². The molecule has 1 aliphatic heterocycles. The zero-order valence-corrected chi connectivity index (χ0v) is 80.5. The van der Waals surface area contributed by atoms with Gasteiger partial charge in [-0.05, 0) is 22.9 Å². The van der Waals surface area contributed by atoms with Crippen LogP contribution >= 0.6 is 21.6 Å². The van der Waals surface area contributed by atoms with Crippen molar-refractivity contribution in [2.45, 2.75) is 30.7 Å². The number of ether oxygens (including phenoxy) is 36. The number of hydrogen-bond donors (Lipinski definition) is 1. The van der Waals surface area contributed by atoms with Gasteiger partial charge < -0.3 is 181 Å². The van der Waals surface area contributed by atoms with Crippen LogP contribution in [0.2, 0.25) is 0 Å². The van der Waals surface area contributed by atoms with Gasteiger partial charge in [-0.3, -0.25) is 14.4 Å². The maximum atomic E-state index is 11.9. The molecule has 1 aromatic rings. The van der Waals surface area contributed by atoms with E-state index in [1.807, 2.05) is 18.2 Å². The van der Waals surface area contributed by atoms with Crippen LogP contribution in [0.25, 0.3) is 0 Å². The molecule has 44 nitrogen and oxygen atoms in total. The van der Waals surface area contributed by atoms with Gasteiger partial charge in [0.05, 0.1) is 482 Å². The first-order valence-corrected chi connectivity index (χ1v) is 48.7. The van der Waals surface area contributed by atoms with Crippen LogP contribution in [-0.4, -0.2) is 522 Å². The summed E-state index contributed by atoms with van der Waals surface area (Å²) in [7, 11) is 3.18. The van der Waals surface area contributed by atoms with E-state index in [1.165, 1.54) is 0 Å². The van der Waals surface area contributed by atoms with Gasteiger partial charge >= 0.3 is 5.97 Å². The van der Waals surface area contributed by atoms with E-state index in [0.29, 0.717) is 486 Å². The normalized spacial score (nSPS) is 12.3. The summed E-state index contributed by atoms with van der Waals surface area (Å²) in [5, 5.41) is 4.31. The Morgan fingerprint density at radius 1 is 0.241 bits per heavy atom. The van der Waals surface area contributed by atoms with Crippen molar-refractivity contribution in [3.05, 3.63) is 24.4 Å². The molecule has 0 aliphatic carbocycles. The van der Waals surface area contributed by atoms with Crippen LogP contribution in [0.1, 0.15) is 25.7 Å². The van der Waals surface area contributed by atoms with E-state index in [-0.39, 0.29) is 38.4 Å². The molecule has 46 heteroatoms. The Morgan fingerprint density at radius 2 is 0.414 bits per heavy atom. The number of amides is 3. The zero-order valence-electron chi connectivity index (χ0n) is 78.9. The Labute approximate surface area is 794 Å². The first-order valence-electron chi connectivity index (χ1n) is 46.4. The maximum Gasteiger partial charge on any atom is 0.335 e. The molecule has 0 saturated carbocycles. The van der Waals surface area contributed by atoms with Gasteiger partial charge in [-0.25, -0.2) is 9.78 Å². The summed E-state index contributed by atoms with van der Waals surface area (Å²) in [5.41, 5.74) is 0. The lowest BCUT2D eigenvalue weighted by Crippen LogP contribution is -2.32. The molecule has 133 heavy (non-hydrogen) atoms. The second-order valence-electron chi connectivity index (χ2n) is 27.0. The van der Waals surface area contributed by atoms with Crippen LogP contribution in [0.15, 0.2) is 29.4 Å². The monoisotopic (exact) mass is 1970 g/mol. The number of pyridine rings is 1. The molecule has 2 rings (SSSR count). The minimum Gasteiger partial charge on any atom is -0.378 e. The number of hydroxylamine groups is 2. The number of carbonyl (C=O) groups excluding carboxylic acids is 4. The summed E-state index contributed by atoms with van der Waals surface area (Å²) >= 11 is 0. The topological polar surface area (TPSA) is 438 Å². The van der Waals surface area contributed by atoms with Crippen LogP contribution in [0.3, 0.4) is 0 Å². The van der Waals surface area contributed by atoms with Gasteiger partial charge in [0.25, 0.3) is 11.8 Å². The molecule has 1 fully saturated rings. The molecule has 2 heterocycles. The first-order chi connectivity index (χ1) is 66.1. The van der Waals surface area contributed by atoms with E-state index in [1.54, 1.807) is 27.8 Å². The van der Waals surface area contributed by atoms with Gasteiger partial charge in [0, 0.05) is 37.8 Å². The molecule has 1 N–H and O–H groups in total. The third kappa shape index (κ3) is 101. The fourth-order valence-electron chi connectivity index (χ4n) is 9.74. The summed E-state index contributed by atoms with van der Waals surface area (Å²) in [4.78, 5) is 55.6. The third-order valence-corrected chi connectivity index (χ3v) is 18.7. The first kappa shape index (κ1) is 126. The van der Waals surface area contributed by atoms with Gasteiger partial charge in [-0.2, -0.15) is 0 Å². The molecule has 0 atom stereocenters. The lowest BCUT2D eigenvalue weighted by Gasteiger charge is -2.12.